The minimum Gasteiger partial charge on any atom is -0.365 e. The largest absolute Gasteiger partial charge is 0.365 e. The first-order chi connectivity index (χ1) is 18.8. The number of nitrogens with zero attached hydrogens (tertiary/aromatic N) is 1. The fraction of sp³-hybridized carbons (Fsp3) is 0.515. The standard InChI is InChI=1S/C24H23ClN2O3.C5H12.C4H10/c1-15(28)10-17-11-19(25)12-18-13-21(26-22(17)18)23(29)27-8-6-24(7-9-27)20-5-3-2-4-16(20)14-30-24;1-3-5-4-2;1-3-4-2/h2-5,11-13,26H,6-10,14H2,1H3;3-5H2,1-2H3;3-4H2,1-2H3. The van der Waals surface area contributed by atoms with Gasteiger partial charge in [0.2, 0.25) is 0 Å². The first kappa shape index (κ1) is 30.9. The number of hydrogen-bond acceptors (Lipinski definition) is 3. The predicted octanol–water partition coefficient (Wildman–Crippen LogP) is 8.62. The predicted molar refractivity (Wildman–Crippen MR) is 162 cm³/mol. The summed E-state index contributed by atoms with van der Waals surface area (Å²) in [7, 11) is 0. The van der Waals surface area contributed by atoms with Crippen LogP contribution in [-0.4, -0.2) is 34.7 Å². The van der Waals surface area contributed by atoms with Gasteiger partial charge in [-0.1, -0.05) is 95.7 Å². The number of H-pyrrole nitrogens is 1. The number of fused-ring (bicyclic) bond motifs is 3. The molecule has 1 spiro atoms. The summed E-state index contributed by atoms with van der Waals surface area (Å²) in [5.41, 5.74) is 4.41. The summed E-state index contributed by atoms with van der Waals surface area (Å²) in [4.78, 5) is 29.9. The number of carbonyl (C=O) groups is 2. The Kier molecular flexibility index (Phi) is 11.6. The van der Waals surface area contributed by atoms with E-state index in [0.29, 0.717) is 30.4 Å². The molecule has 0 radical (unpaired) electrons. The molecule has 1 N–H and O–H groups in total. The lowest BCUT2D eigenvalue weighted by atomic mass is 9.84. The van der Waals surface area contributed by atoms with Gasteiger partial charge in [0.25, 0.3) is 5.91 Å². The van der Waals surface area contributed by atoms with Gasteiger partial charge in [-0.15, -0.1) is 0 Å². The maximum absolute atomic E-state index is 13.2. The van der Waals surface area contributed by atoms with Gasteiger partial charge in [-0.25, -0.2) is 0 Å². The van der Waals surface area contributed by atoms with Crippen LogP contribution in [0.2, 0.25) is 5.02 Å². The smallest absolute Gasteiger partial charge is 0.270 e. The van der Waals surface area contributed by atoms with Crippen molar-refractivity contribution >= 4 is 34.2 Å². The van der Waals surface area contributed by atoms with E-state index >= 15 is 0 Å². The zero-order chi connectivity index (χ0) is 28.4. The molecule has 0 saturated carbocycles. The molecule has 6 heteroatoms. The van der Waals surface area contributed by atoms with Crippen LogP contribution in [0, 0.1) is 0 Å². The van der Waals surface area contributed by atoms with E-state index in [1.54, 1.807) is 13.0 Å². The third-order valence-corrected chi connectivity index (χ3v) is 7.74. The van der Waals surface area contributed by atoms with Gasteiger partial charge in [0, 0.05) is 35.4 Å². The number of aromatic amines is 1. The highest BCUT2D eigenvalue weighted by Crippen LogP contribution is 2.44. The number of carbonyl (C=O) groups excluding carboxylic acids is 2. The Hall–Kier alpha value is -2.63. The summed E-state index contributed by atoms with van der Waals surface area (Å²) in [6.45, 7) is 12.3. The Bertz CT molecular complexity index is 1240. The molecule has 5 nitrogen and oxygen atoms in total. The Labute approximate surface area is 239 Å². The lowest BCUT2D eigenvalue weighted by Crippen LogP contribution is -2.45. The van der Waals surface area contributed by atoms with Gasteiger partial charge >= 0.3 is 0 Å². The number of unbranched alkanes of at least 4 members (excludes halogenated alkanes) is 3. The maximum atomic E-state index is 13.2. The first-order valence-electron chi connectivity index (χ1n) is 14.6. The Morgan fingerprint density at radius 1 is 0.974 bits per heavy atom. The number of nitrogens with one attached hydrogen (secondary N) is 1. The molecule has 3 aromatic rings. The van der Waals surface area contributed by atoms with Crippen LogP contribution in [0.4, 0.5) is 0 Å². The number of Topliss-reactive ketones (excluding diaryl/α,β-unsaturated/α-hetero) is 1. The third-order valence-electron chi connectivity index (χ3n) is 7.52. The monoisotopic (exact) mass is 552 g/mol. The summed E-state index contributed by atoms with van der Waals surface area (Å²) < 4.78 is 6.21. The van der Waals surface area contributed by atoms with Crippen molar-refractivity contribution in [1.82, 2.24) is 9.88 Å². The molecule has 212 valence electrons. The first-order valence-corrected chi connectivity index (χ1v) is 15.0. The molecular weight excluding hydrogens is 508 g/mol. The molecule has 0 aliphatic carbocycles. The van der Waals surface area contributed by atoms with E-state index in [4.69, 9.17) is 16.3 Å². The van der Waals surface area contributed by atoms with Gasteiger partial charge in [0.05, 0.1) is 12.2 Å². The van der Waals surface area contributed by atoms with Crippen LogP contribution < -0.4 is 0 Å². The zero-order valence-corrected chi connectivity index (χ0v) is 25.1. The number of aromatic nitrogens is 1. The van der Waals surface area contributed by atoms with Crippen LogP contribution in [0.1, 0.15) is 107 Å². The second-order valence-corrected chi connectivity index (χ2v) is 11.1. The fourth-order valence-corrected chi connectivity index (χ4v) is 5.44. The number of ether oxygens (including phenoxy) is 1. The van der Waals surface area contributed by atoms with Crippen molar-refractivity contribution in [2.75, 3.05) is 13.1 Å². The third kappa shape index (κ3) is 7.73. The van der Waals surface area contributed by atoms with Gasteiger partial charge in [-0.2, -0.15) is 0 Å². The highest BCUT2D eigenvalue weighted by atomic mass is 35.5. The molecular formula is C33H45ClN2O3. The summed E-state index contributed by atoms with van der Waals surface area (Å²) in [5, 5.41) is 1.41. The molecule has 1 aromatic heterocycles. The number of rotatable bonds is 6. The van der Waals surface area contributed by atoms with Crippen molar-refractivity contribution in [2.45, 2.75) is 98.2 Å². The lowest BCUT2D eigenvalue weighted by Gasteiger charge is -2.39. The quantitative estimate of drug-likeness (QED) is 0.333. The Morgan fingerprint density at radius 2 is 1.64 bits per heavy atom. The number of piperidine rings is 1. The number of halogens is 1. The molecule has 2 aliphatic rings. The van der Waals surface area contributed by atoms with E-state index in [9.17, 15) is 9.59 Å². The van der Waals surface area contributed by atoms with E-state index in [-0.39, 0.29) is 23.7 Å². The number of amides is 1. The normalized spacial score (nSPS) is 15.3. The van der Waals surface area contributed by atoms with Crippen LogP contribution in [0.15, 0.2) is 42.5 Å². The summed E-state index contributed by atoms with van der Waals surface area (Å²) in [5.74, 6) is 0.0245. The van der Waals surface area contributed by atoms with Crippen molar-refractivity contribution in [3.8, 4) is 0 Å². The number of likely N-dealkylation sites (tertiary alicyclic amines) is 1. The molecule has 3 heterocycles. The topological polar surface area (TPSA) is 62.4 Å². The molecule has 1 saturated heterocycles. The highest BCUT2D eigenvalue weighted by molar-refractivity contribution is 6.31. The number of ketones is 1. The average molecular weight is 553 g/mol. The van der Waals surface area contributed by atoms with Gasteiger partial charge in [0.1, 0.15) is 11.5 Å². The Morgan fingerprint density at radius 3 is 2.23 bits per heavy atom. The minimum absolute atomic E-state index is 0.0303. The van der Waals surface area contributed by atoms with Crippen LogP contribution in [0.3, 0.4) is 0 Å². The lowest BCUT2D eigenvalue weighted by molar-refractivity contribution is -0.116. The summed E-state index contributed by atoms with van der Waals surface area (Å²) in [6, 6.07) is 13.8. The Balaban J connectivity index is 0.000000408. The van der Waals surface area contributed by atoms with E-state index in [2.05, 4.69) is 50.9 Å². The summed E-state index contributed by atoms with van der Waals surface area (Å²) >= 11 is 6.22. The molecule has 39 heavy (non-hydrogen) atoms. The molecule has 2 aliphatic heterocycles. The molecule has 0 unspecified atom stereocenters. The van der Waals surface area contributed by atoms with Crippen molar-refractivity contribution in [3.05, 3.63) is 69.9 Å². The molecule has 5 rings (SSSR count). The van der Waals surface area contributed by atoms with E-state index in [0.717, 1.165) is 29.3 Å². The van der Waals surface area contributed by atoms with E-state index < -0.39 is 0 Å². The molecule has 2 aromatic carbocycles. The van der Waals surface area contributed by atoms with Gasteiger partial charge in [0.15, 0.2) is 0 Å². The fourth-order valence-electron chi connectivity index (χ4n) is 5.19. The van der Waals surface area contributed by atoms with Crippen molar-refractivity contribution in [2.24, 2.45) is 0 Å². The van der Waals surface area contributed by atoms with Crippen LogP contribution >= 0.6 is 11.6 Å². The van der Waals surface area contributed by atoms with Crippen LogP contribution in [0.5, 0.6) is 0 Å². The van der Waals surface area contributed by atoms with E-state index in [1.165, 1.54) is 43.2 Å². The molecule has 1 fully saturated rings. The van der Waals surface area contributed by atoms with Crippen LogP contribution in [-0.2, 0) is 28.2 Å². The average Bonchev–Trinajstić information content (AvgIpc) is 3.52. The zero-order valence-electron chi connectivity index (χ0n) is 24.4. The maximum Gasteiger partial charge on any atom is 0.270 e. The molecule has 0 bridgehead atoms. The minimum atomic E-state index is -0.268. The van der Waals surface area contributed by atoms with Gasteiger partial charge in [-0.3, -0.25) is 9.59 Å². The summed E-state index contributed by atoms with van der Waals surface area (Å²) in [6.07, 6.45) is 8.58. The van der Waals surface area contributed by atoms with Crippen molar-refractivity contribution in [1.29, 1.82) is 0 Å². The second-order valence-electron chi connectivity index (χ2n) is 10.7. The highest BCUT2D eigenvalue weighted by Gasteiger charge is 2.43. The number of benzene rings is 2. The molecule has 0 atom stereocenters. The van der Waals surface area contributed by atoms with Gasteiger partial charge in [-0.05, 0) is 54.7 Å². The van der Waals surface area contributed by atoms with Crippen molar-refractivity contribution < 1.29 is 14.3 Å². The molecule has 1 amide bonds. The van der Waals surface area contributed by atoms with Crippen molar-refractivity contribution in [3.63, 3.8) is 0 Å². The second kappa shape index (κ2) is 14.7. The number of hydrogen-bond donors (Lipinski definition) is 1. The SMILES string of the molecule is CC(=O)Cc1cc(Cl)cc2cc(C(=O)N3CCC4(CC3)OCc3ccccc34)[nH]c12.CCCC.CCCCC. The van der Waals surface area contributed by atoms with Gasteiger partial charge < -0.3 is 14.6 Å². The van der Waals surface area contributed by atoms with E-state index in [1.807, 2.05) is 23.1 Å². The van der Waals surface area contributed by atoms with Crippen LogP contribution in [0.25, 0.3) is 10.9 Å².